The molecular formula is C13H17ClN4O2. The summed E-state index contributed by atoms with van der Waals surface area (Å²) in [5.74, 6) is 0.325. The first-order valence-electron chi connectivity index (χ1n) is 6.12. The van der Waals surface area contributed by atoms with Gasteiger partial charge in [0.15, 0.2) is 0 Å². The third-order valence-corrected chi connectivity index (χ3v) is 2.99. The number of ether oxygens (including phenoxy) is 1. The Balaban J connectivity index is 2.95. The number of carbonyl (C=O) groups excluding carboxylic acids is 1. The number of anilines is 1. The average molecular weight is 297 g/mol. The molecule has 0 aliphatic heterocycles. The number of nitrogens with zero attached hydrogens (tertiary/aromatic N) is 3. The molecule has 1 amide bonds. The Morgan fingerprint density at radius 2 is 2.35 bits per heavy atom. The van der Waals surface area contributed by atoms with Crippen LogP contribution in [0.2, 0.25) is 5.02 Å². The second kappa shape index (κ2) is 8.35. The molecule has 1 heterocycles. The molecule has 1 aromatic heterocycles. The van der Waals surface area contributed by atoms with Gasteiger partial charge in [0.2, 0.25) is 0 Å². The monoisotopic (exact) mass is 296 g/mol. The van der Waals surface area contributed by atoms with Crippen LogP contribution in [0.1, 0.15) is 16.8 Å². The van der Waals surface area contributed by atoms with E-state index >= 15 is 0 Å². The van der Waals surface area contributed by atoms with Crippen molar-refractivity contribution in [3.8, 4) is 6.07 Å². The lowest BCUT2D eigenvalue weighted by atomic mass is 10.2. The molecule has 0 atom stereocenters. The lowest BCUT2D eigenvalue weighted by Gasteiger charge is -2.22. The van der Waals surface area contributed by atoms with Crippen LogP contribution >= 0.6 is 11.6 Å². The third kappa shape index (κ3) is 4.37. The Hall–Kier alpha value is -1.84. The molecule has 0 unspecified atom stereocenters. The molecule has 0 radical (unpaired) electrons. The van der Waals surface area contributed by atoms with Gasteiger partial charge >= 0.3 is 0 Å². The minimum atomic E-state index is -0.235. The molecule has 20 heavy (non-hydrogen) atoms. The van der Waals surface area contributed by atoms with Gasteiger partial charge in [-0.1, -0.05) is 11.6 Å². The van der Waals surface area contributed by atoms with Crippen molar-refractivity contribution in [1.29, 1.82) is 5.26 Å². The quantitative estimate of drug-likeness (QED) is 0.830. The highest BCUT2D eigenvalue weighted by atomic mass is 35.5. The number of pyridine rings is 1. The van der Waals surface area contributed by atoms with Crippen molar-refractivity contribution in [2.75, 3.05) is 39.2 Å². The van der Waals surface area contributed by atoms with E-state index in [1.165, 1.54) is 6.20 Å². The number of carbonyl (C=O) groups is 1. The SMILES string of the molecule is CNc1cc(C(=O)N(CCC#N)CCOC)c(Cl)cn1. The van der Waals surface area contributed by atoms with Crippen molar-refractivity contribution < 1.29 is 9.53 Å². The topological polar surface area (TPSA) is 78.2 Å². The van der Waals surface area contributed by atoms with Gasteiger partial charge in [0.1, 0.15) is 5.82 Å². The normalized spacial score (nSPS) is 9.90. The number of halogens is 1. The largest absolute Gasteiger partial charge is 0.383 e. The number of aromatic nitrogens is 1. The predicted octanol–water partition coefficient (Wildman–Crippen LogP) is 1.78. The summed E-state index contributed by atoms with van der Waals surface area (Å²) in [6.07, 6.45) is 1.69. The summed E-state index contributed by atoms with van der Waals surface area (Å²) in [6.45, 7) is 1.15. The second-order valence-electron chi connectivity index (χ2n) is 3.99. The lowest BCUT2D eigenvalue weighted by Crippen LogP contribution is -2.35. The molecule has 0 saturated carbocycles. The van der Waals surface area contributed by atoms with Crippen LogP contribution in [0.25, 0.3) is 0 Å². The van der Waals surface area contributed by atoms with Crippen LogP contribution < -0.4 is 5.32 Å². The van der Waals surface area contributed by atoms with Crippen molar-refractivity contribution in [2.45, 2.75) is 6.42 Å². The molecule has 0 fully saturated rings. The van der Waals surface area contributed by atoms with Crippen LogP contribution in [0, 0.1) is 11.3 Å². The van der Waals surface area contributed by atoms with E-state index in [2.05, 4.69) is 10.3 Å². The zero-order chi connectivity index (χ0) is 15.0. The number of hydrogen-bond acceptors (Lipinski definition) is 5. The van der Waals surface area contributed by atoms with Crippen molar-refractivity contribution in [3.63, 3.8) is 0 Å². The first-order valence-corrected chi connectivity index (χ1v) is 6.50. The van der Waals surface area contributed by atoms with Gasteiger partial charge in [-0.2, -0.15) is 5.26 Å². The molecule has 1 rings (SSSR count). The minimum absolute atomic E-state index is 0.235. The van der Waals surface area contributed by atoms with Gasteiger partial charge in [0, 0.05) is 33.4 Å². The van der Waals surface area contributed by atoms with Gasteiger partial charge in [-0.15, -0.1) is 0 Å². The second-order valence-corrected chi connectivity index (χ2v) is 4.40. The van der Waals surface area contributed by atoms with Gasteiger partial charge in [-0.25, -0.2) is 4.98 Å². The fraction of sp³-hybridized carbons (Fsp3) is 0.462. The lowest BCUT2D eigenvalue weighted by molar-refractivity contribution is 0.0700. The molecule has 108 valence electrons. The van der Waals surface area contributed by atoms with E-state index in [1.807, 2.05) is 6.07 Å². The van der Waals surface area contributed by atoms with Crippen molar-refractivity contribution >= 4 is 23.3 Å². The molecule has 7 heteroatoms. The standard InChI is InChI=1S/C13H17ClN4O2/c1-16-12-8-10(11(14)9-17-12)13(19)18(5-3-4-15)6-7-20-2/h8-9H,3,5-7H2,1-2H3,(H,16,17). The molecule has 0 saturated heterocycles. The number of nitriles is 1. The maximum Gasteiger partial charge on any atom is 0.255 e. The number of methoxy groups -OCH3 is 1. The summed E-state index contributed by atoms with van der Waals surface area (Å²) < 4.78 is 4.98. The molecule has 6 nitrogen and oxygen atoms in total. The van der Waals surface area contributed by atoms with Gasteiger partial charge < -0.3 is 15.0 Å². The van der Waals surface area contributed by atoms with Crippen molar-refractivity contribution in [1.82, 2.24) is 9.88 Å². The summed E-state index contributed by atoms with van der Waals surface area (Å²) in [5, 5.41) is 11.8. The Kier molecular flexibility index (Phi) is 6.77. The molecule has 0 bridgehead atoms. The van der Waals surface area contributed by atoms with Crippen LogP contribution in [-0.4, -0.2) is 49.6 Å². The first-order chi connectivity index (χ1) is 9.63. The van der Waals surface area contributed by atoms with E-state index in [1.54, 1.807) is 25.1 Å². The fourth-order valence-corrected chi connectivity index (χ4v) is 1.80. The average Bonchev–Trinajstić information content (AvgIpc) is 2.47. The zero-order valence-corrected chi connectivity index (χ0v) is 12.3. The van der Waals surface area contributed by atoms with E-state index in [0.29, 0.717) is 31.1 Å². The van der Waals surface area contributed by atoms with Crippen LogP contribution in [-0.2, 0) is 4.74 Å². The summed E-state index contributed by atoms with van der Waals surface area (Å²) in [6, 6.07) is 3.62. The zero-order valence-electron chi connectivity index (χ0n) is 11.5. The van der Waals surface area contributed by atoms with E-state index in [4.69, 9.17) is 21.6 Å². The van der Waals surface area contributed by atoms with E-state index in [-0.39, 0.29) is 17.4 Å². The van der Waals surface area contributed by atoms with Crippen molar-refractivity contribution in [2.24, 2.45) is 0 Å². The highest BCUT2D eigenvalue weighted by molar-refractivity contribution is 6.33. The van der Waals surface area contributed by atoms with Crippen LogP contribution in [0.5, 0.6) is 0 Å². The van der Waals surface area contributed by atoms with E-state index < -0.39 is 0 Å². The maximum absolute atomic E-state index is 12.5. The first kappa shape index (κ1) is 16.2. The highest BCUT2D eigenvalue weighted by Crippen LogP contribution is 2.19. The molecule has 1 N–H and O–H groups in total. The van der Waals surface area contributed by atoms with Crippen molar-refractivity contribution in [3.05, 3.63) is 22.8 Å². The Labute approximate surface area is 123 Å². The molecule has 0 aliphatic rings. The Morgan fingerprint density at radius 3 is 2.95 bits per heavy atom. The predicted molar refractivity (Wildman–Crippen MR) is 76.8 cm³/mol. The summed E-state index contributed by atoms with van der Waals surface area (Å²) in [7, 11) is 3.27. The van der Waals surface area contributed by atoms with Crippen LogP contribution in [0.4, 0.5) is 5.82 Å². The number of rotatable bonds is 7. The minimum Gasteiger partial charge on any atom is -0.383 e. The molecule has 0 aromatic carbocycles. The Morgan fingerprint density at radius 1 is 1.60 bits per heavy atom. The van der Waals surface area contributed by atoms with Gasteiger partial charge in [-0.05, 0) is 6.07 Å². The fourth-order valence-electron chi connectivity index (χ4n) is 1.61. The smallest absolute Gasteiger partial charge is 0.255 e. The highest BCUT2D eigenvalue weighted by Gasteiger charge is 2.19. The summed E-state index contributed by atoms with van der Waals surface area (Å²) >= 11 is 6.03. The number of amides is 1. The van der Waals surface area contributed by atoms with Crippen LogP contribution in [0.3, 0.4) is 0 Å². The number of nitrogens with one attached hydrogen (secondary N) is 1. The van der Waals surface area contributed by atoms with Gasteiger partial charge in [0.25, 0.3) is 5.91 Å². The number of hydrogen-bond donors (Lipinski definition) is 1. The maximum atomic E-state index is 12.5. The summed E-state index contributed by atoms with van der Waals surface area (Å²) in [5.41, 5.74) is 0.361. The van der Waals surface area contributed by atoms with Gasteiger partial charge in [-0.3, -0.25) is 4.79 Å². The summed E-state index contributed by atoms with van der Waals surface area (Å²) in [4.78, 5) is 18.0. The molecule has 0 aliphatic carbocycles. The van der Waals surface area contributed by atoms with E-state index in [0.717, 1.165) is 0 Å². The van der Waals surface area contributed by atoms with Crippen LogP contribution in [0.15, 0.2) is 12.3 Å². The van der Waals surface area contributed by atoms with Gasteiger partial charge in [0.05, 0.1) is 29.7 Å². The molecule has 1 aromatic rings. The molecular weight excluding hydrogens is 280 g/mol. The molecule has 0 spiro atoms. The third-order valence-electron chi connectivity index (χ3n) is 2.69. The Bertz CT molecular complexity index is 502. The van der Waals surface area contributed by atoms with E-state index in [9.17, 15) is 4.79 Å².